The maximum atomic E-state index is 13.2. The Morgan fingerprint density at radius 1 is 0.917 bits per heavy atom. The van der Waals surface area contributed by atoms with Gasteiger partial charge in [-0.15, -0.1) is 0 Å². The number of benzene rings is 1. The van der Waals surface area contributed by atoms with Crippen LogP contribution in [0, 0.1) is 5.82 Å². The average Bonchev–Trinajstić information content (AvgIpc) is 2.87. The summed E-state index contributed by atoms with van der Waals surface area (Å²) in [5, 5.41) is 0. The third kappa shape index (κ3) is 2.83. The minimum atomic E-state index is -0.243. The van der Waals surface area contributed by atoms with Crippen LogP contribution in [0.4, 0.5) is 10.1 Å². The summed E-state index contributed by atoms with van der Waals surface area (Å²) in [4.78, 5) is 13.5. The number of aliphatic imine (C=N–C) groups is 1. The Morgan fingerprint density at radius 2 is 1.71 bits per heavy atom. The molecule has 3 aromatic rings. The maximum Gasteiger partial charge on any atom is 0.123 e. The number of fused-ring (bicyclic) bond motifs is 1. The zero-order chi connectivity index (χ0) is 16.4. The molecular formula is C20H16FN3. The van der Waals surface area contributed by atoms with Gasteiger partial charge in [0, 0.05) is 29.7 Å². The van der Waals surface area contributed by atoms with E-state index in [9.17, 15) is 4.39 Å². The highest BCUT2D eigenvalue weighted by Gasteiger charge is 2.16. The second-order valence-electron chi connectivity index (χ2n) is 5.80. The van der Waals surface area contributed by atoms with E-state index in [1.165, 1.54) is 12.1 Å². The molecule has 0 atom stereocenters. The molecule has 1 aliphatic rings. The van der Waals surface area contributed by atoms with Gasteiger partial charge in [-0.05, 0) is 67.3 Å². The first-order chi connectivity index (χ1) is 11.8. The van der Waals surface area contributed by atoms with Crippen molar-refractivity contribution in [1.82, 2.24) is 9.97 Å². The van der Waals surface area contributed by atoms with Gasteiger partial charge in [-0.25, -0.2) is 4.39 Å². The summed E-state index contributed by atoms with van der Waals surface area (Å²) in [7, 11) is 0. The van der Waals surface area contributed by atoms with Crippen molar-refractivity contribution in [2.75, 3.05) is 0 Å². The fraction of sp³-hybridized carbons (Fsp3) is 0.150. The van der Waals surface area contributed by atoms with Gasteiger partial charge in [0.25, 0.3) is 0 Å². The monoisotopic (exact) mass is 317 g/mol. The fourth-order valence-electron chi connectivity index (χ4n) is 2.95. The molecule has 2 aromatic heterocycles. The number of halogens is 1. The predicted molar refractivity (Wildman–Crippen MR) is 94.0 cm³/mol. The van der Waals surface area contributed by atoms with Gasteiger partial charge in [-0.1, -0.05) is 0 Å². The lowest BCUT2D eigenvalue weighted by molar-refractivity contribution is 0.628. The van der Waals surface area contributed by atoms with E-state index in [4.69, 9.17) is 4.98 Å². The van der Waals surface area contributed by atoms with Crippen LogP contribution in [0.3, 0.4) is 0 Å². The van der Waals surface area contributed by atoms with Crippen molar-refractivity contribution < 1.29 is 4.39 Å². The van der Waals surface area contributed by atoms with Crippen molar-refractivity contribution >= 4 is 11.9 Å². The van der Waals surface area contributed by atoms with E-state index in [0.29, 0.717) is 0 Å². The molecule has 0 saturated heterocycles. The molecule has 1 aliphatic heterocycles. The van der Waals surface area contributed by atoms with Crippen LogP contribution in [-0.2, 0) is 6.42 Å². The Morgan fingerprint density at radius 3 is 2.50 bits per heavy atom. The molecule has 24 heavy (non-hydrogen) atoms. The number of rotatable bonds is 2. The first kappa shape index (κ1) is 14.7. The normalized spacial score (nSPS) is 13.4. The van der Waals surface area contributed by atoms with Gasteiger partial charge in [0.15, 0.2) is 0 Å². The zero-order valence-electron chi connectivity index (χ0n) is 13.1. The van der Waals surface area contributed by atoms with Crippen molar-refractivity contribution in [1.29, 1.82) is 0 Å². The molecule has 0 spiro atoms. The second kappa shape index (κ2) is 6.32. The Bertz CT molecular complexity index is 887. The highest BCUT2D eigenvalue weighted by Crippen LogP contribution is 2.37. The SMILES string of the molecule is Fc1ccc(-c2cc(-c3ccncc3)c3c(n2)CCCC=N3)cc1. The molecule has 0 N–H and O–H groups in total. The summed E-state index contributed by atoms with van der Waals surface area (Å²) in [6.07, 6.45) is 8.41. The molecule has 4 heteroatoms. The summed E-state index contributed by atoms with van der Waals surface area (Å²) < 4.78 is 13.2. The van der Waals surface area contributed by atoms with E-state index in [-0.39, 0.29) is 5.82 Å². The lowest BCUT2D eigenvalue weighted by Crippen LogP contribution is -1.96. The molecular weight excluding hydrogens is 301 g/mol. The van der Waals surface area contributed by atoms with E-state index in [0.717, 1.165) is 53.0 Å². The van der Waals surface area contributed by atoms with Crippen LogP contribution >= 0.6 is 0 Å². The average molecular weight is 317 g/mol. The highest BCUT2D eigenvalue weighted by atomic mass is 19.1. The molecule has 0 fully saturated rings. The standard InChI is InChI=1S/C20H16FN3/c21-16-6-4-15(5-7-16)19-13-17(14-8-11-22-12-9-14)20-18(24-19)3-1-2-10-23-20/h4-13H,1-3H2. The number of aromatic nitrogens is 2. The predicted octanol–water partition coefficient (Wildman–Crippen LogP) is 4.99. The first-order valence-corrected chi connectivity index (χ1v) is 8.04. The Kier molecular flexibility index (Phi) is 3.87. The van der Waals surface area contributed by atoms with Crippen LogP contribution < -0.4 is 0 Å². The summed E-state index contributed by atoms with van der Waals surface area (Å²) in [6.45, 7) is 0. The van der Waals surface area contributed by atoms with Gasteiger partial charge in [-0.2, -0.15) is 0 Å². The summed E-state index contributed by atoms with van der Waals surface area (Å²) in [5.74, 6) is -0.243. The highest BCUT2D eigenvalue weighted by molar-refractivity contribution is 5.84. The molecule has 0 saturated carbocycles. The topological polar surface area (TPSA) is 38.1 Å². The summed E-state index contributed by atoms with van der Waals surface area (Å²) in [5.41, 5.74) is 5.79. The lowest BCUT2D eigenvalue weighted by atomic mass is 9.99. The summed E-state index contributed by atoms with van der Waals surface area (Å²) >= 11 is 0. The van der Waals surface area contributed by atoms with Crippen molar-refractivity contribution in [3.63, 3.8) is 0 Å². The molecule has 118 valence electrons. The number of pyridine rings is 2. The van der Waals surface area contributed by atoms with E-state index >= 15 is 0 Å². The van der Waals surface area contributed by atoms with Crippen LogP contribution in [0.15, 0.2) is 59.9 Å². The van der Waals surface area contributed by atoms with Crippen LogP contribution in [0.25, 0.3) is 22.4 Å². The quantitative estimate of drug-likeness (QED) is 0.668. The van der Waals surface area contributed by atoms with Gasteiger partial charge >= 0.3 is 0 Å². The van der Waals surface area contributed by atoms with Gasteiger partial charge < -0.3 is 0 Å². The minimum Gasteiger partial charge on any atom is -0.265 e. The molecule has 0 bridgehead atoms. The molecule has 0 amide bonds. The molecule has 4 rings (SSSR count). The third-order valence-corrected chi connectivity index (χ3v) is 4.16. The molecule has 0 unspecified atom stereocenters. The van der Waals surface area contributed by atoms with E-state index < -0.39 is 0 Å². The molecule has 3 nitrogen and oxygen atoms in total. The number of aryl methyl sites for hydroxylation is 1. The van der Waals surface area contributed by atoms with Crippen LogP contribution in [0.2, 0.25) is 0 Å². The number of nitrogens with zero attached hydrogens (tertiary/aromatic N) is 3. The van der Waals surface area contributed by atoms with Gasteiger partial charge in [0.2, 0.25) is 0 Å². The van der Waals surface area contributed by atoms with Crippen molar-refractivity contribution in [2.45, 2.75) is 19.3 Å². The molecule has 0 aliphatic carbocycles. The van der Waals surface area contributed by atoms with Gasteiger partial charge in [0.05, 0.1) is 17.1 Å². The molecule has 0 radical (unpaired) electrons. The second-order valence-corrected chi connectivity index (χ2v) is 5.80. The fourth-order valence-corrected chi connectivity index (χ4v) is 2.95. The molecule has 3 heterocycles. The number of hydrogen-bond donors (Lipinski definition) is 0. The Balaban J connectivity index is 1.93. The van der Waals surface area contributed by atoms with Crippen molar-refractivity contribution in [3.05, 3.63) is 66.4 Å². The number of hydrogen-bond acceptors (Lipinski definition) is 3. The van der Waals surface area contributed by atoms with Gasteiger partial charge in [-0.3, -0.25) is 15.0 Å². The third-order valence-electron chi connectivity index (χ3n) is 4.16. The van der Waals surface area contributed by atoms with Crippen LogP contribution in [0.1, 0.15) is 18.5 Å². The van der Waals surface area contributed by atoms with Crippen LogP contribution in [0.5, 0.6) is 0 Å². The largest absolute Gasteiger partial charge is 0.265 e. The van der Waals surface area contributed by atoms with Crippen LogP contribution in [-0.4, -0.2) is 16.2 Å². The van der Waals surface area contributed by atoms with E-state index in [1.54, 1.807) is 24.5 Å². The first-order valence-electron chi connectivity index (χ1n) is 8.04. The smallest absolute Gasteiger partial charge is 0.123 e. The zero-order valence-corrected chi connectivity index (χ0v) is 13.1. The molecule has 1 aromatic carbocycles. The van der Waals surface area contributed by atoms with E-state index in [2.05, 4.69) is 9.98 Å². The Hall–Kier alpha value is -2.88. The van der Waals surface area contributed by atoms with Gasteiger partial charge in [0.1, 0.15) is 5.82 Å². The maximum absolute atomic E-state index is 13.2. The van der Waals surface area contributed by atoms with Crippen molar-refractivity contribution in [3.8, 4) is 22.4 Å². The Labute approximate surface area is 139 Å². The minimum absolute atomic E-state index is 0.243. The van der Waals surface area contributed by atoms with Crippen molar-refractivity contribution in [2.24, 2.45) is 4.99 Å². The summed E-state index contributed by atoms with van der Waals surface area (Å²) in [6, 6.07) is 12.4. The lowest BCUT2D eigenvalue weighted by Gasteiger charge is -2.13. The van der Waals surface area contributed by atoms with E-state index in [1.807, 2.05) is 24.4 Å².